The molecule has 1 aromatic heterocycles. The third kappa shape index (κ3) is 8.17. The highest BCUT2D eigenvalue weighted by molar-refractivity contribution is 5.98. The Labute approximate surface area is 226 Å². The van der Waals surface area contributed by atoms with E-state index >= 15 is 0 Å². The van der Waals surface area contributed by atoms with Crippen molar-refractivity contribution in [3.63, 3.8) is 0 Å². The molecule has 0 fully saturated rings. The molecule has 3 rings (SSSR count). The fourth-order valence-corrected chi connectivity index (χ4v) is 4.27. The molecule has 0 aliphatic heterocycles. The number of rotatable bonds is 9. The molecule has 3 aromatic rings. The van der Waals surface area contributed by atoms with Crippen molar-refractivity contribution in [3.8, 4) is 11.1 Å². The lowest BCUT2D eigenvalue weighted by Crippen LogP contribution is -2.32. The Hall–Kier alpha value is -3.67. The van der Waals surface area contributed by atoms with Crippen LogP contribution < -0.4 is 5.32 Å². The van der Waals surface area contributed by atoms with Crippen molar-refractivity contribution < 1.29 is 19.1 Å². The molecule has 0 spiro atoms. The van der Waals surface area contributed by atoms with Crippen molar-refractivity contribution in [1.29, 1.82) is 0 Å². The zero-order chi connectivity index (χ0) is 27.9. The summed E-state index contributed by atoms with van der Waals surface area (Å²) >= 11 is 0. The van der Waals surface area contributed by atoms with E-state index in [1.807, 2.05) is 45.1 Å². The number of carbonyl (C=O) groups is 2. The van der Waals surface area contributed by atoms with Crippen LogP contribution in [0, 0.1) is 12.8 Å². The maximum Gasteiger partial charge on any atom is 0.407 e. The van der Waals surface area contributed by atoms with E-state index in [1.54, 1.807) is 0 Å². The number of pyridine rings is 1. The average molecular weight is 517 g/mol. The first kappa shape index (κ1) is 28.9. The molecule has 0 bridgehead atoms. The van der Waals surface area contributed by atoms with Crippen LogP contribution in [0.2, 0.25) is 0 Å². The quantitative estimate of drug-likeness (QED) is 0.300. The van der Waals surface area contributed by atoms with E-state index in [0.29, 0.717) is 25.3 Å². The van der Waals surface area contributed by atoms with Crippen LogP contribution in [0.3, 0.4) is 0 Å². The molecule has 0 unspecified atom stereocenters. The van der Waals surface area contributed by atoms with Gasteiger partial charge in [-0.2, -0.15) is 0 Å². The molecular formula is C32H40N2O4. The normalized spacial score (nSPS) is 11.8. The maximum absolute atomic E-state index is 12.6. The Morgan fingerprint density at radius 1 is 1.08 bits per heavy atom. The van der Waals surface area contributed by atoms with Crippen LogP contribution >= 0.6 is 0 Å². The molecule has 0 aliphatic carbocycles. The van der Waals surface area contributed by atoms with Crippen LogP contribution in [0.25, 0.3) is 28.1 Å². The van der Waals surface area contributed by atoms with Crippen LogP contribution in [-0.2, 0) is 27.2 Å². The molecule has 1 N–H and O–H groups in total. The topological polar surface area (TPSA) is 77.5 Å². The lowest BCUT2D eigenvalue weighted by Gasteiger charge is -2.22. The van der Waals surface area contributed by atoms with Gasteiger partial charge < -0.3 is 14.8 Å². The van der Waals surface area contributed by atoms with Gasteiger partial charge in [0.25, 0.3) is 0 Å². The highest BCUT2D eigenvalue weighted by Crippen LogP contribution is 2.35. The molecule has 2 aromatic carbocycles. The molecular weight excluding hydrogens is 476 g/mol. The molecule has 1 heterocycles. The minimum Gasteiger partial charge on any atom is -0.469 e. The van der Waals surface area contributed by atoms with Crippen LogP contribution in [0.4, 0.5) is 4.79 Å². The smallest absolute Gasteiger partial charge is 0.407 e. The van der Waals surface area contributed by atoms with Gasteiger partial charge in [0.05, 0.1) is 12.6 Å². The molecule has 6 heteroatoms. The number of hydrogen-bond donors (Lipinski definition) is 1. The second-order valence-electron chi connectivity index (χ2n) is 11.0. The Bertz CT molecular complexity index is 1300. The molecule has 1 amide bonds. The summed E-state index contributed by atoms with van der Waals surface area (Å²) in [5.41, 5.74) is 6.61. The number of amides is 1. The number of nitrogens with zero attached hydrogens (tertiary/aromatic N) is 1. The van der Waals surface area contributed by atoms with Crippen molar-refractivity contribution in [1.82, 2.24) is 10.3 Å². The second-order valence-corrected chi connectivity index (χ2v) is 11.0. The fourth-order valence-electron chi connectivity index (χ4n) is 4.27. The maximum atomic E-state index is 12.6. The number of alkyl carbamates (subject to hydrolysis) is 1. The first-order chi connectivity index (χ1) is 18.0. The van der Waals surface area contributed by atoms with Crippen molar-refractivity contribution in [3.05, 3.63) is 70.9 Å². The van der Waals surface area contributed by atoms with Crippen LogP contribution in [0.5, 0.6) is 0 Å². The van der Waals surface area contributed by atoms with Gasteiger partial charge in [0.1, 0.15) is 5.60 Å². The molecule has 0 aliphatic rings. The minimum absolute atomic E-state index is 0.223. The number of allylic oxidation sites excluding steroid dienone is 1. The molecule has 6 nitrogen and oxygen atoms in total. The number of aryl methyl sites for hydroxylation is 1. The summed E-state index contributed by atoms with van der Waals surface area (Å²) in [5.74, 6) is 0.168. The summed E-state index contributed by atoms with van der Waals surface area (Å²) in [6.45, 7) is 12.3. The zero-order valence-electron chi connectivity index (χ0n) is 23.7. The van der Waals surface area contributed by atoms with Crippen molar-refractivity contribution >= 4 is 29.0 Å². The van der Waals surface area contributed by atoms with Gasteiger partial charge in [-0.05, 0) is 75.3 Å². The van der Waals surface area contributed by atoms with Crippen molar-refractivity contribution in [2.45, 2.75) is 73.0 Å². The molecule has 0 radical (unpaired) electrons. The van der Waals surface area contributed by atoms with E-state index in [1.165, 1.54) is 12.7 Å². The van der Waals surface area contributed by atoms with E-state index in [-0.39, 0.29) is 5.97 Å². The molecule has 202 valence electrons. The predicted molar refractivity (Wildman–Crippen MR) is 154 cm³/mol. The first-order valence-corrected chi connectivity index (χ1v) is 13.2. The highest BCUT2D eigenvalue weighted by atomic mass is 16.6. The molecule has 0 saturated heterocycles. The Morgan fingerprint density at radius 2 is 1.79 bits per heavy atom. The largest absolute Gasteiger partial charge is 0.469 e. The molecule has 38 heavy (non-hydrogen) atoms. The van der Waals surface area contributed by atoms with Crippen LogP contribution in [-0.4, -0.2) is 29.8 Å². The SMILES string of the molecule is COC(=O)CCC=Cc1ccc2nc(CC(C)C)c(CNC(=O)OC(C)(C)C)c(-c3ccc(C)cc3)c2c1. The fraction of sp³-hybridized carbons (Fsp3) is 0.406. The zero-order valence-corrected chi connectivity index (χ0v) is 23.7. The number of hydrogen-bond acceptors (Lipinski definition) is 5. The lowest BCUT2D eigenvalue weighted by molar-refractivity contribution is -0.140. The summed E-state index contributed by atoms with van der Waals surface area (Å²) in [7, 11) is 1.40. The summed E-state index contributed by atoms with van der Waals surface area (Å²) in [4.78, 5) is 29.1. The Kier molecular flexibility index (Phi) is 9.67. The van der Waals surface area contributed by atoms with E-state index in [2.05, 4.69) is 56.4 Å². The minimum atomic E-state index is -0.582. The van der Waals surface area contributed by atoms with Gasteiger partial charge in [0.2, 0.25) is 0 Å². The summed E-state index contributed by atoms with van der Waals surface area (Å²) in [6, 6.07) is 14.7. The van der Waals surface area contributed by atoms with Crippen LogP contribution in [0.1, 0.15) is 69.8 Å². The first-order valence-electron chi connectivity index (χ1n) is 13.2. The van der Waals surface area contributed by atoms with Crippen molar-refractivity contribution in [2.75, 3.05) is 7.11 Å². The number of benzene rings is 2. The number of fused-ring (bicyclic) bond motifs is 1. The Morgan fingerprint density at radius 3 is 2.42 bits per heavy atom. The number of nitrogens with one attached hydrogen (secondary N) is 1. The number of aromatic nitrogens is 1. The van der Waals surface area contributed by atoms with Gasteiger partial charge in [0.15, 0.2) is 0 Å². The van der Waals surface area contributed by atoms with Gasteiger partial charge in [-0.25, -0.2) is 4.79 Å². The monoisotopic (exact) mass is 516 g/mol. The molecule has 0 atom stereocenters. The van der Waals surface area contributed by atoms with E-state index in [9.17, 15) is 9.59 Å². The van der Waals surface area contributed by atoms with Gasteiger partial charge in [-0.1, -0.05) is 61.9 Å². The van der Waals surface area contributed by atoms with E-state index in [0.717, 1.165) is 45.3 Å². The third-order valence-corrected chi connectivity index (χ3v) is 6.00. The van der Waals surface area contributed by atoms with Gasteiger partial charge >= 0.3 is 12.1 Å². The predicted octanol–water partition coefficient (Wildman–Crippen LogP) is 7.40. The number of carbonyl (C=O) groups excluding carboxylic acids is 2. The van der Waals surface area contributed by atoms with E-state index in [4.69, 9.17) is 14.5 Å². The van der Waals surface area contributed by atoms with E-state index < -0.39 is 11.7 Å². The van der Waals surface area contributed by atoms with Gasteiger partial charge in [-0.15, -0.1) is 0 Å². The summed E-state index contributed by atoms with van der Waals surface area (Å²) in [6.07, 6.45) is 5.28. The third-order valence-electron chi connectivity index (χ3n) is 6.00. The number of methoxy groups -OCH3 is 1. The second kappa shape index (κ2) is 12.7. The van der Waals surface area contributed by atoms with Crippen LogP contribution in [0.15, 0.2) is 48.5 Å². The number of esters is 1. The Balaban J connectivity index is 2.13. The van der Waals surface area contributed by atoms with Crippen molar-refractivity contribution in [2.24, 2.45) is 5.92 Å². The summed E-state index contributed by atoms with van der Waals surface area (Å²) in [5, 5.41) is 3.98. The van der Waals surface area contributed by atoms with Gasteiger partial charge in [-0.3, -0.25) is 9.78 Å². The molecule has 0 saturated carbocycles. The summed E-state index contributed by atoms with van der Waals surface area (Å²) < 4.78 is 10.2. The lowest BCUT2D eigenvalue weighted by atomic mass is 9.90. The average Bonchev–Trinajstić information content (AvgIpc) is 2.84. The van der Waals surface area contributed by atoms with Gasteiger partial charge in [0, 0.05) is 29.6 Å². The number of ether oxygens (including phenoxy) is 2. The standard InChI is InChI=1S/C32H40N2O4/c1-21(2)18-28-26(20-33-31(36)38-32(4,5)6)30(24-15-12-22(3)13-16-24)25-19-23(14-17-27(25)34-28)10-8-9-11-29(35)37-7/h8,10,12-17,19,21H,9,11,18,20H2,1-7H3,(H,33,36). The highest BCUT2D eigenvalue weighted by Gasteiger charge is 2.21.